The number of aryl methyl sites for hydroxylation is 1. The number of allylic oxidation sites excluding steroid dienone is 1. The Bertz CT molecular complexity index is 907. The van der Waals surface area contributed by atoms with E-state index in [0.29, 0.717) is 17.4 Å². The van der Waals surface area contributed by atoms with Gasteiger partial charge in [0.15, 0.2) is 5.57 Å². The highest BCUT2D eigenvalue weighted by molar-refractivity contribution is 6.05. The molecule has 0 aliphatic rings. The van der Waals surface area contributed by atoms with Crippen molar-refractivity contribution in [1.82, 2.24) is 0 Å². The number of esters is 1. The van der Waals surface area contributed by atoms with E-state index in [0.717, 1.165) is 62.9 Å². The van der Waals surface area contributed by atoms with Gasteiger partial charge < -0.3 is 9.64 Å². The second-order valence-corrected chi connectivity index (χ2v) is 10.3. The molecule has 35 heavy (non-hydrogen) atoms. The van der Waals surface area contributed by atoms with Gasteiger partial charge in [0, 0.05) is 18.8 Å². The van der Waals surface area contributed by atoms with Crippen LogP contribution in [-0.2, 0) is 9.53 Å². The summed E-state index contributed by atoms with van der Waals surface area (Å²) < 4.78 is 5.48. The first kappa shape index (κ1) is 30.2. The van der Waals surface area contributed by atoms with Crippen LogP contribution in [0.1, 0.15) is 91.2 Å². The van der Waals surface area contributed by atoms with Crippen LogP contribution in [0.5, 0.6) is 0 Å². The minimum Gasteiger partial charge on any atom is -0.461 e. The summed E-state index contributed by atoms with van der Waals surface area (Å²) in [4.78, 5) is 15.2. The van der Waals surface area contributed by atoms with Crippen LogP contribution in [0, 0.1) is 47.3 Å². The molecule has 0 N–H and O–H groups in total. The van der Waals surface area contributed by atoms with Crippen molar-refractivity contribution in [3.63, 3.8) is 0 Å². The lowest BCUT2D eigenvalue weighted by molar-refractivity contribution is -0.139. The molecule has 0 aromatic heterocycles. The first-order chi connectivity index (χ1) is 16.7. The van der Waals surface area contributed by atoms with E-state index in [4.69, 9.17) is 4.74 Å². The number of hydrogen-bond donors (Lipinski definition) is 0. The van der Waals surface area contributed by atoms with Crippen LogP contribution in [0.2, 0.25) is 0 Å². The van der Waals surface area contributed by atoms with Crippen LogP contribution in [-0.4, -0.2) is 25.7 Å². The van der Waals surface area contributed by atoms with Gasteiger partial charge in [0.2, 0.25) is 0 Å². The van der Waals surface area contributed by atoms with E-state index in [1.54, 1.807) is 0 Å². The van der Waals surface area contributed by atoms with Crippen LogP contribution in [0.15, 0.2) is 23.8 Å². The summed E-state index contributed by atoms with van der Waals surface area (Å²) in [5.41, 5.74) is 2.44. The maximum absolute atomic E-state index is 12.8. The molecule has 192 valence electrons. The third-order valence-corrected chi connectivity index (χ3v) is 6.47. The molecule has 1 atom stereocenters. The Hall–Kier alpha value is -2.79. The fraction of sp³-hybridized carbons (Fsp3) is 0.633. The Labute approximate surface area is 213 Å². The molecule has 5 nitrogen and oxygen atoms in total. The van der Waals surface area contributed by atoms with Crippen LogP contribution in [0.3, 0.4) is 0 Å². The number of carbonyl (C=O) groups is 1. The van der Waals surface area contributed by atoms with Gasteiger partial charge in [-0.1, -0.05) is 66.9 Å². The molecule has 0 fully saturated rings. The molecule has 1 aromatic carbocycles. The second-order valence-electron chi connectivity index (χ2n) is 10.3. The molecule has 0 heterocycles. The van der Waals surface area contributed by atoms with Gasteiger partial charge in [-0.3, -0.25) is 0 Å². The third-order valence-electron chi connectivity index (χ3n) is 6.47. The number of unbranched alkanes of at least 4 members (excludes halogenated alkanes) is 1. The Morgan fingerprint density at radius 3 is 2.09 bits per heavy atom. The maximum Gasteiger partial charge on any atom is 0.350 e. The number of ether oxygens (including phenoxy) is 1. The van der Waals surface area contributed by atoms with E-state index >= 15 is 0 Å². The first-order valence-electron chi connectivity index (χ1n) is 13.3. The monoisotopic (exact) mass is 479 g/mol. The number of anilines is 1. The molecule has 0 saturated carbocycles. The highest BCUT2D eigenvalue weighted by Gasteiger charge is 2.21. The van der Waals surface area contributed by atoms with E-state index in [2.05, 4.69) is 58.6 Å². The van der Waals surface area contributed by atoms with Crippen LogP contribution in [0.25, 0.3) is 5.57 Å². The van der Waals surface area contributed by atoms with Crippen molar-refractivity contribution in [3.05, 3.63) is 34.9 Å². The van der Waals surface area contributed by atoms with Gasteiger partial charge in [0.25, 0.3) is 0 Å². The van der Waals surface area contributed by atoms with Gasteiger partial charge >= 0.3 is 5.97 Å². The molecule has 1 aromatic rings. The van der Waals surface area contributed by atoms with Gasteiger partial charge in [0.1, 0.15) is 12.1 Å². The molecule has 0 aliphatic heterocycles. The van der Waals surface area contributed by atoms with E-state index in [-0.39, 0.29) is 23.7 Å². The predicted molar refractivity (Wildman–Crippen MR) is 145 cm³/mol. The normalized spacial score (nSPS) is 12.7. The molecule has 1 unspecified atom stereocenters. The number of benzene rings is 1. The van der Waals surface area contributed by atoms with Crippen molar-refractivity contribution in [2.75, 3.05) is 24.6 Å². The Morgan fingerprint density at radius 1 is 1.00 bits per heavy atom. The largest absolute Gasteiger partial charge is 0.461 e. The van der Waals surface area contributed by atoms with Crippen molar-refractivity contribution >= 4 is 17.2 Å². The summed E-state index contributed by atoms with van der Waals surface area (Å²) in [6, 6.07) is 9.96. The average Bonchev–Trinajstić information content (AvgIpc) is 2.82. The lowest BCUT2D eigenvalue weighted by Crippen LogP contribution is -2.27. The maximum atomic E-state index is 12.8. The first-order valence-corrected chi connectivity index (χ1v) is 13.3. The molecule has 0 bridgehead atoms. The molecule has 5 heteroatoms. The van der Waals surface area contributed by atoms with Crippen molar-refractivity contribution in [3.8, 4) is 12.1 Å². The molecule has 0 aliphatic carbocycles. The fourth-order valence-electron chi connectivity index (χ4n) is 3.94. The van der Waals surface area contributed by atoms with Crippen LogP contribution < -0.4 is 4.90 Å². The minimum absolute atomic E-state index is 0.0825. The van der Waals surface area contributed by atoms with E-state index < -0.39 is 5.97 Å². The number of nitrogens with zero attached hydrogens (tertiary/aromatic N) is 3. The topological polar surface area (TPSA) is 77.1 Å². The van der Waals surface area contributed by atoms with Gasteiger partial charge in [-0.15, -0.1) is 0 Å². The standard InChI is InChI=1S/C30H45N3O2/c1-8-10-11-25(9-2)21-35-30(34)29(20-32)28(19-31)27-13-12-26(18-24(27)7)33(16-14-22(3)4)17-15-23(5)6/h12-13,18,22-23,25H,8-11,14-17,21H2,1-7H3. The molecule has 0 amide bonds. The summed E-state index contributed by atoms with van der Waals surface area (Å²) in [6.45, 7) is 17.3. The van der Waals surface area contributed by atoms with E-state index in [9.17, 15) is 15.3 Å². The molecule has 0 spiro atoms. The average molecular weight is 480 g/mol. The Morgan fingerprint density at radius 2 is 1.63 bits per heavy atom. The van der Waals surface area contributed by atoms with Gasteiger partial charge in [-0.05, 0) is 67.2 Å². The highest BCUT2D eigenvalue weighted by Crippen LogP contribution is 2.28. The van der Waals surface area contributed by atoms with Crippen molar-refractivity contribution < 1.29 is 9.53 Å². The fourth-order valence-corrected chi connectivity index (χ4v) is 3.94. The van der Waals surface area contributed by atoms with E-state index in [1.807, 2.05) is 25.1 Å². The quantitative estimate of drug-likeness (QED) is 0.148. The van der Waals surface area contributed by atoms with Crippen molar-refractivity contribution in [2.24, 2.45) is 17.8 Å². The number of nitriles is 2. The zero-order valence-corrected chi connectivity index (χ0v) is 23.0. The van der Waals surface area contributed by atoms with Gasteiger partial charge in [-0.2, -0.15) is 10.5 Å². The lowest BCUT2D eigenvalue weighted by Gasteiger charge is -2.27. The van der Waals surface area contributed by atoms with Gasteiger partial charge in [-0.25, -0.2) is 4.79 Å². The Balaban J connectivity index is 3.20. The second kappa shape index (κ2) is 16.0. The summed E-state index contributed by atoms with van der Waals surface area (Å²) in [5.74, 6) is 0.790. The number of hydrogen-bond acceptors (Lipinski definition) is 5. The summed E-state index contributed by atoms with van der Waals surface area (Å²) in [5, 5.41) is 19.6. The van der Waals surface area contributed by atoms with Crippen molar-refractivity contribution in [1.29, 1.82) is 10.5 Å². The smallest absolute Gasteiger partial charge is 0.350 e. The Kier molecular flexibility index (Phi) is 13.8. The minimum atomic E-state index is -0.710. The van der Waals surface area contributed by atoms with Gasteiger partial charge in [0.05, 0.1) is 12.2 Å². The predicted octanol–water partition coefficient (Wildman–Crippen LogP) is 7.45. The molecular weight excluding hydrogens is 434 g/mol. The summed E-state index contributed by atoms with van der Waals surface area (Å²) >= 11 is 0. The molecule has 0 radical (unpaired) electrons. The molecule has 1 rings (SSSR count). The lowest BCUT2D eigenvalue weighted by atomic mass is 9.96. The third kappa shape index (κ3) is 10.2. The van der Waals surface area contributed by atoms with Crippen molar-refractivity contribution in [2.45, 2.75) is 87.0 Å². The highest BCUT2D eigenvalue weighted by atomic mass is 16.5. The molecular formula is C30H45N3O2. The van der Waals surface area contributed by atoms with E-state index in [1.165, 1.54) is 0 Å². The zero-order valence-electron chi connectivity index (χ0n) is 23.0. The van der Waals surface area contributed by atoms with Crippen LogP contribution in [0.4, 0.5) is 5.69 Å². The summed E-state index contributed by atoms with van der Waals surface area (Å²) in [7, 11) is 0. The molecule has 0 saturated heterocycles. The van der Waals surface area contributed by atoms with Crippen LogP contribution >= 0.6 is 0 Å². The SMILES string of the molecule is CCCCC(CC)COC(=O)C(C#N)=C(C#N)c1ccc(N(CCC(C)C)CCC(C)C)cc1C. The number of rotatable bonds is 15. The summed E-state index contributed by atoms with van der Waals surface area (Å²) in [6.07, 6.45) is 6.27. The number of carbonyl (C=O) groups excluding carboxylic acids is 1. The zero-order chi connectivity index (χ0) is 26.4.